The second-order valence-electron chi connectivity index (χ2n) is 6.40. The van der Waals surface area contributed by atoms with Crippen molar-refractivity contribution in [1.82, 2.24) is 9.88 Å². The van der Waals surface area contributed by atoms with Crippen LogP contribution in [0.25, 0.3) is 0 Å². The molecule has 5 nitrogen and oxygen atoms in total. The number of likely N-dealkylation sites (tertiary alicyclic amines) is 1. The lowest BCUT2D eigenvalue weighted by molar-refractivity contribution is 0.0137. The lowest BCUT2D eigenvalue weighted by atomic mass is 9.84. The molecule has 2 rings (SSSR count). The molecule has 5 heteroatoms. The summed E-state index contributed by atoms with van der Waals surface area (Å²) >= 11 is 0. The minimum atomic E-state index is -0.516. The highest BCUT2D eigenvalue weighted by atomic mass is 16.6. The first-order valence-corrected chi connectivity index (χ1v) is 6.97. The minimum Gasteiger partial charge on any atom is -0.444 e. The van der Waals surface area contributed by atoms with Gasteiger partial charge in [0, 0.05) is 25.5 Å². The Labute approximate surface area is 120 Å². The summed E-state index contributed by atoms with van der Waals surface area (Å²) < 4.78 is 5.43. The summed E-state index contributed by atoms with van der Waals surface area (Å²) in [6.07, 6.45) is 4.90. The van der Waals surface area contributed by atoms with Crippen molar-refractivity contribution in [2.45, 2.75) is 44.8 Å². The molecule has 0 aliphatic carbocycles. The Morgan fingerprint density at radius 1 is 1.40 bits per heavy atom. The zero-order valence-electron chi connectivity index (χ0n) is 12.4. The van der Waals surface area contributed by atoms with E-state index in [2.05, 4.69) is 4.98 Å². The molecule has 2 N–H and O–H groups in total. The summed E-state index contributed by atoms with van der Waals surface area (Å²) in [6.45, 7) is 6.78. The Morgan fingerprint density at radius 3 is 2.65 bits per heavy atom. The molecule has 0 aromatic carbocycles. The van der Waals surface area contributed by atoms with Crippen molar-refractivity contribution in [2.75, 3.05) is 13.1 Å². The van der Waals surface area contributed by atoms with E-state index in [1.165, 1.54) is 0 Å². The van der Waals surface area contributed by atoms with Crippen LogP contribution in [0.2, 0.25) is 0 Å². The SMILES string of the molecule is CC(C)(C)OC(=O)N1CCCC(N)(c2ccncc2)C1. The monoisotopic (exact) mass is 277 g/mol. The Kier molecular flexibility index (Phi) is 3.99. The first kappa shape index (κ1) is 14.8. The molecule has 1 aromatic heterocycles. The molecule has 1 aliphatic rings. The number of ether oxygens (including phenoxy) is 1. The fourth-order valence-electron chi connectivity index (χ4n) is 2.49. The zero-order chi connectivity index (χ0) is 14.8. The van der Waals surface area contributed by atoms with Crippen LogP contribution in [0.3, 0.4) is 0 Å². The van der Waals surface area contributed by atoms with Gasteiger partial charge in [-0.1, -0.05) is 0 Å². The molecule has 1 atom stereocenters. The number of rotatable bonds is 1. The van der Waals surface area contributed by atoms with E-state index in [-0.39, 0.29) is 6.09 Å². The molecule has 2 heterocycles. The highest BCUT2D eigenvalue weighted by Gasteiger charge is 2.36. The van der Waals surface area contributed by atoms with E-state index in [0.29, 0.717) is 13.1 Å². The predicted molar refractivity (Wildman–Crippen MR) is 77.1 cm³/mol. The summed E-state index contributed by atoms with van der Waals surface area (Å²) in [6, 6.07) is 3.83. The smallest absolute Gasteiger partial charge is 0.410 e. The molecule has 1 saturated heterocycles. The molecule has 0 saturated carbocycles. The number of nitrogens with two attached hydrogens (primary N) is 1. The quantitative estimate of drug-likeness (QED) is 0.855. The van der Waals surface area contributed by atoms with E-state index < -0.39 is 11.1 Å². The number of carbonyl (C=O) groups is 1. The average molecular weight is 277 g/mol. The number of piperidine rings is 1. The van der Waals surface area contributed by atoms with Crippen molar-refractivity contribution in [2.24, 2.45) is 5.73 Å². The largest absolute Gasteiger partial charge is 0.444 e. The molecule has 0 radical (unpaired) electrons. The van der Waals surface area contributed by atoms with Gasteiger partial charge in [-0.2, -0.15) is 0 Å². The maximum Gasteiger partial charge on any atom is 0.410 e. The van der Waals surface area contributed by atoms with Crippen molar-refractivity contribution in [1.29, 1.82) is 0 Å². The molecule has 20 heavy (non-hydrogen) atoms. The number of carbonyl (C=O) groups excluding carboxylic acids is 1. The van der Waals surface area contributed by atoms with E-state index in [1.54, 1.807) is 17.3 Å². The summed E-state index contributed by atoms with van der Waals surface area (Å²) in [4.78, 5) is 17.9. The van der Waals surface area contributed by atoms with Crippen molar-refractivity contribution in [3.05, 3.63) is 30.1 Å². The van der Waals surface area contributed by atoms with Crippen LogP contribution in [0.1, 0.15) is 39.2 Å². The summed E-state index contributed by atoms with van der Waals surface area (Å²) in [5.74, 6) is 0. The lowest BCUT2D eigenvalue weighted by Gasteiger charge is -2.40. The molecule has 0 bridgehead atoms. The third-order valence-corrected chi connectivity index (χ3v) is 3.43. The third kappa shape index (κ3) is 3.48. The standard InChI is InChI=1S/C15H23N3O2/c1-14(2,3)20-13(19)18-10-4-7-15(16,11-18)12-5-8-17-9-6-12/h5-6,8-9H,4,7,10-11,16H2,1-3H3. The number of hydrogen-bond acceptors (Lipinski definition) is 4. The molecule has 1 aliphatic heterocycles. The second kappa shape index (κ2) is 5.40. The Morgan fingerprint density at radius 2 is 2.05 bits per heavy atom. The van der Waals surface area contributed by atoms with Gasteiger partial charge in [0.05, 0.1) is 5.54 Å². The van der Waals surface area contributed by atoms with Crippen LogP contribution in [0.5, 0.6) is 0 Å². The first-order valence-electron chi connectivity index (χ1n) is 6.97. The molecule has 1 aromatic rings. The predicted octanol–water partition coefficient (Wildman–Crippen LogP) is 2.27. The summed E-state index contributed by atoms with van der Waals surface area (Å²) in [7, 11) is 0. The Balaban J connectivity index is 2.11. The summed E-state index contributed by atoms with van der Waals surface area (Å²) in [5, 5.41) is 0. The number of aromatic nitrogens is 1. The van der Waals surface area contributed by atoms with Crippen LogP contribution >= 0.6 is 0 Å². The lowest BCUT2D eigenvalue weighted by Crippen LogP contribution is -2.54. The van der Waals surface area contributed by atoms with Crippen LogP contribution in [0.4, 0.5) is 4.79 Å². The van der Waals surface area contributed by atoms with E-state index in [9.17, 15) is 4.79 Å². The Bertz CT molecular complexity index is 470. The van der Waals surface area contributed by atoms with E-state index in [0.717, 1.165) is 18.4 Å². The van der Waals surface area contributed by atoms with Crippen molar-refractivity contribution in [3.63, 3.8) is 0 Å². The molecule has 1 amide bonds. The molecule has 0 spiro atoms. The minimum absolute atomic E-state index is 0.291. The molecule has 110 valence electrons. The molecule has 1 fully saturated rings. The highest BCUT2D eigenvalue weighted by molar-refractivity contribution is 5.68. The van der Waals surface area contributed by atoms with Gasteiger partial charge in [-0.3, -0.25) is 4.98 Å². The second-order valence-corrected chi connectivity index (χ2v) is 6.40. The van der Waals surface area contributed by atoms with Crippen molar-refractivity contribution >= 4 is 6.09 Å². The highest BCUT2D eigenvalue weighted by Crippen LogP contribution is 2.29. The first-order chi connectivity index (χ1) is 9.30. The van der Waals surface area contributed by atoms with E-state index >= 15 is 0 Å². The van der Waals surface area contributed by atoms with E-state index in [4.69, 9.17) is 10.5 Å². The van der Waals surface area contributed by atoms with Crippen LogP contribution < -0.4 is 5.73 Å². The Hall–Kier alpha value is -1.62. The molecular weight excluding hydrogens is 254 g/mol. The van der Waals surface area contributed by atoms with Crippen molar-refractivity contribution in [3.8, 4) is 0 Å². The number of pyridine rings is 1. The van der Waals surface area contributed by atoms with Gasteiger partial charge >= 0.3 is 6.09 Å². The van der Waals surface area contributed by atoms with Crippen LogP contribution in [-0.4, -0.2) is 34.7 Å². The maximum atomic E-state index is 12.2. The molecular formula is C15H23N3O2. The van der Waals surface area contributed by atoms with E-state index in [1.807, 2.05) is 32.9 Å². The fourth-order valence-corrected chi connectivity index (χ4v) is 2.49. The van der Waals surface area contributed by atoms with Crippen LogP contribution in [-0.2, 0) is 10.3 Å². The van der Waals surface area contributed by atoms with Gasteiger partial charge in [0.15, 0.2) is 0 Å². The normalized spacial score (nSPS) is 23.5. The van der Waals surface area contributed by atoms with Gasteiger partial charge in [0.1, 0.15) is 5.60 Å². The molecule has 1 unspecified atom stereocenters. The zero-order valence-corrected chi connectivity index (χ0v) is 12.4. The van der Waals surface area contributed by atoms with Gasteiger partial charge < -0.3 is 15.4 Å². The van der Waals surface area contributed by atoms with Gasteiger partial charge in [0.2, 0.25) is 0 Å². The topological polar surface area (TPSA) is 68.5 Å². The van der Waals surface area contributed by atoms with Gasteiger partial charge in [-0.15, -0.1) is 0 Å². The maximum absolute atomic E-state index is 12.2. The van der Waals surface area contributed by atoms with Gasteiger partial charge in [-0.05, 0) is 51.3 Å². The van der Waals surface area contributed by atoms with Crippen molar-refractivity contribution < 1.29 is 9.53 Å². The number of hydrogen-bond donors (Lipinski definition) is 1. The average Bonchev–Trinajstić information content (AvgIpc) is 2.38. The fraction of sp³-hybridized carbons (Fsp3) is 0.600. The number of amides is 1. The summed E-state index contributed by atoms with van der Waals surface area (Å²) in [5.41, 5.74) is 6.51. The van der Waals surface area contributed by atoms with Gasteiger partial charge in [0.25, 0.3) is 0 Å². The number of nitrogens with zero attached hydrogens (tertiary/aromatic N) is 2. The van der Waals surface area contributed by atoms with Crippen LogP contribution in [0, 0.1) is 0 Å². The third-order valence-electron chi connectivity index (χ3n) is 3.43. The van der Waals surface area contributed by atoms with Crippen LogP contribution in [0.15, 0.2) is 24.5 Å². The van der Waals surface area contributed by atoms with Gasteiger partial charge in [-0.25, -0.2) is 4.79 Å².